The van der Waals surface area contributed by atoms with E-state index in [0.29, 0.717) is 12.2 Å². The first-order valence-corrected chi connectivity index (χ1v) is 2.63. The van der Waals surface area contributed by atoms with Gasteiger partial charge in [0.2, 0.25) is 0 Å². The number of nitrogens with one attached hydrogen (secondary N) is 2. The molecule has 2 atom stereocenters. The van der Waals surface area contributed by atoms with Gasteiger partial charge in [-0.25, -0.2) is 0 Å². The molecule has 0 aliphatic carbocycles. The third kappa shape index (κ3) is 0.473. The Kier molecular flexibility index (Phi) is 0.562. The normalized spacial score (nSPS) is 45.7. The summed E-state index contributed by atoms with van der Waals surface area (Å²) in [4.78, 5) is 0. The SMILES string of the molecule is C1=CC2NC2NC1. The molecule has 0 aromatic heterocycles. The van der Waals surface area contributed by atoms with Gasteiger partial charge in [-0.3, -0.25) is 10.6 Å². The van der Waals surface area contributed by atoms with Crippen LogP contribution in [0.15, 0.2) is 12.2 Å². The second-order valence-electron chi connectivity index (χ2n) is 2.01. The molecule has 2 N–H and O–H groups in total. The molecule has 2 unspecified atom stereocenters. The quantitative estimate of drug-likeness (QED) is 0.313. The van der Waals surface area contributed by atoms with Gasteiger partial charge >= 0.3 is 0 Å². The second-order valence-corrected chi connectivity index (χ2v) is 2.01. The topological polar surface area (TPSA) is 34.0 Å². The monoisotopic (exact) mass is 96.1 g/mol. The predicted molar refractivity (Wildman–Crippen MR) is 27.9 cm³/mol. The number of hydrogen-bond acceptors (Lipinski definition) is 2. The third-order valence-electron chi connectivity index (χ3n) is 1.42. The summed E-state index contributed by atoms with van der Waals surface area (Å²) < 4.78 is 0. The van der Waals surface area contributed by atoms with Gasteiger partial charge in [-0.05, 0) is 0 Å². The highest BCUT2D eigenvalue weighted by atomic mass is 15.3. The van der Waals surface area contributed by atoms with E-state index >= 15 is 0 Å². The largest absolute Gasteiger partial charge is 0.297 e. The van der Waals surface area contributed by atoms with Gasteiger partial charge in [0.1, 0.15) is 0 Å². The zero-order valence-electron chi connectivity index (χ0n) is 4.02. The smallest absolute Gasteiger partial charge is 0.0775 e. The van der Waals surface area contributed by atoms with Crippen LogP contribution in [0.1, 0.15) is 0 Å². The third-order valence-corrected chi connectivity index (χ3v) is 1.42. The Morgan fingerprint density at radius 2 is 2.57 bits per heavy atom. The Labute approximate surface area is 42.6 Å². The molecule has 0 aromatic carbocycles. The van der Waals surface area contributed by atoms with Crippen LogP contribution >= 0.6 is 0 Å². The van der Waals surface area contributed by atoms with Crippen molar-refractivity contribution in [2.45, 2.75) is 12.2 Å². The molecule has 2 aliphatic rings. The molecule has 0 amide bonds. The molecule has 0 radical (unpaired) electrons. The zero-order valence-corrected chi connectivity index (χ0v) is 4.02. The first-order valence-electron chi connectivity index (χ1n) is 2.63. The van der Waals surface area contributed by atoms with Crippen LogP contribution in [-0.2, 0) is 0 Å². The molecule has 2 heterocycles. The van der Waals surface area contributed by atoms with E-state index in [1.165, 1.54) is 0 Å². The van der Waals surface area contributed by atoms with Crippen LogP contribution < -0.4 is 10.6 Å². The van der Waals surface area contributed by atoms with Gasteiger partial charge in [0.15, 0.2) is 0 Å². The lowest BCUT2D eigenvalue weighted by Crippen LogP contribution is -2.23. The molecule has 7 heavy (non-hydrogen) atoms. The van der Waals surface area contributed by atoms with Gasteiger partial charge in [0.25, 0.3) is 0 Å². The van der Waals surface area contributed by atoms with E-state index in [9.17, 15) is 0 Å². The molecule has 0 aromatic rings. The summed E-state index contributed by atoms with van der Waals surface area (Å²) >= 11 is 0. The van der Waals surface area contributed by atoms with E-state index in [1.54, 1.807) is 0 Å². The number of rotatable bonds is 0. The molecular weight excluding hydrogens is 88.1 g/mol. The molecule has 1 fully saturated rings. The summed E-state index contributed by atoms with van der Waals surface area (Å²) in [6.45, 7) is 1.04. The van der Waals surface area contributed by atoms with Gasteiger partial charge in [0.05, 0.1) is 12.2 Å². The predicted octanol–water partition coefficient (Wildman–Crippen LogP) is -0.556. The van der Waals surface area contributed by atoms with Crippen molar-refractivity contribution in [1.82, 2.24) is 10.6 Å². The first-order chi connectivity index (χ1) is 3.47. The summed E-state index contributed by atoms with van der Waals surface area (Å²) in [6, 6.07) is 0.661. The fraction of sp³-hybridized carbons (Fsp3) is 0.600. The fourth-order valence-corrected chi connectivity index (χ4v) is 0.914. The van der Waals surface area contributed by atoms with Crippen molar-refractivity contribution in [2.24, 2.45) is 0 Å². The summed E-state index contributed by atoms with van der Waals surface area (Å²) in [7, 11) is 0. The van der Waals surface area contributed by atoms with Crippen LogP contribution in [0.3, 0.4) is 0 Å². The Morgan fingerprint density at radius 1 is 1.57 bits per heavy atom. The summed E-state index contributed by atoms with van der Waals surface area (Å²) in [5.41, 5.74) is 0. The number of hydrogen-bond donors (Lipinski definition) is 2. The van der Waals surface area contributed by atoms with E-state index in [2.05, 4.69) is 22.8 Å². The first kappa shape index (κ1) is 3.64. The lowest BCUT2D eigenvalue weighted by atomic mass is 10.3. The summed E-state index contributed by atoms with van der Waals surface area (Å²) in [6.07, 6.45) is 4.98. The standard InChI is InChI=1S/C5H8N2/c1-2-4-5(7-4)6-3-1/h1-2,4-7H,3H2. The van der Waals surface area contributed by atoms with Gasteiger partial charge in [-0.1, -0.05) is 12.2 Å². The van der Waals surface area contributed by atoms with Crippen molar-refractivity contribution < 1.29 is 0 Å². The zero-order chi connectivity index (χ0) is 4.69. The van der Waals surface area contributed by atoms with Crippen LogP contribution in [0.4, 0.5) is 0 Å². The lowest BCUT2D eigenvalue weighted by Gasteiger charge is -1.98. The highest BCUT2D eigenvalue weighted by Gasteiger charge is 2.34. The minimum atomic E-state index is 0.616. The number of fused-ring (bicyclic) bond motifs is 1. The van der Waals surface area contributed by atoms with Gasteiger partial charge in [0, 0.05) is 6.54 Å². The molecule has 38 valence electrons. The Morgan fingerprint density at radius 3 is 3.14 bits per heavy atom. The van der Waals surface area contributed by atoms with E-state index in [4.69, 9.17) is 0 Å². The van der Waals surface area contributed by atoms with Gasteiger partial charge < -0.3 is 0 Å². The minimum absolute atomic E-state index is 0.616. The highest BCUT2D eigenvalue weighted by Crippen LogP contribution is 2.11. The molecule has 2 nitrogen and oxygen atoms in total. The summed E-state index contributed by atoms with van der Waals surface area (Å²) in [5, 5.41) is 6.49. The second kappa shape index (κ2) is 1.08. The maximum absolute atomic E-state index is 3.26. The summed E-state index contributed by atoms with van der Waals surface area (Å²) in [5.74, 6) is 0. The van der Waals surface area contributed by atoms with Crippen LogP contribution in [0.5, 0.6) is 0 Å². The Bertz CT molecular complexity index is 109. The van der Waals surface area contributed by atoms with Crippen molar-refractivity contribution >= 4 is 0 Å². The molecule has 2 heteroatoms. The van der Waals surface area contributed by atoms with Crippen LogP contribution in [0, 0.1) is 0 Å². The van der Waals surface area contributed by atoms with Crippen LogP contribution in [-0.4, -0.2) is 18.8 Å². The molecule has 1 saturated heterocycles. The molecular formula is C5H8N2. The maximum Gasteiger partial charge on any atom is 0.0775 e. The minimum Gasteiger partial charge on any atom is -0.297 e. The Balaban J connectivity index is 2.14. The molecule has 2 rings (SSSR count). The average Bonchev–Trinajstić information content (AvgIpc) is 2.41. The van der Waals surface area contributed by atoms with Crippen LogP contribution in [0.2, 0.25) is 0 Å². The van der Waals surface area contributed by atoms with E-state index in [-0.39, 0.29) is 0 Å². The van der Waals surface area contributed by atoms with E-state index in [0.717, 1.165) is 6.54 Å². The van der Waals surface area contributed by atoms with Crippen molar-refractivity contribution in [2.75, 3.05) is 6.54 Å². The van der Waals surface area contributed by atoms with Gasteiger partial charge in [-0.2, -0.15) is 0 Å². The van der Waals surface area contributed by atoms with Crippen molar-refractivity contribution in [3.05, 3.63) is 12.2 Å². The Hall–Kier alpha value is -0.340. The van der Waals surface area contributed by atoms with Crippen LogP contribution in [0.25, 0.3) is 0 Å². The lowest BCUT2D eigenvalue weighted by molar-refractivity contribution is 0.717. The van der Waals surface area contributed by atoms with E-state index in [1.807, 2.05) is 0 Å². The van der Waals surface area contributed by atoms with Gasteiger partial charge in [-0.15, -0.1) is 0 Å². The molecule has 2 aliphatic heterocycles. The van der Waals surface area contributed by atoms with Crippen molar-refractivity contribution in [3.8, 4) is 0 Å². The maximum atomic E-state index is 3.26. The van der Waals surface area contributed by atoms with E-state index < -0.39 is 0 Å². The fourth-order valence-electron chi connectivity index (χ4n) is 0.914. The molecule has 0 bridgehead atoms. The molecule has 0 spiro atoms. The van der Waals surface area contributed by atoms with Crippen molar-refractivity contribution in [1.29, 1.82) is 0 Å². The van der Waals surface area contributed by atoms with Crippen molar-refractivity contribution in [3.63, 3.8) is 0 Å². The molecule has 0 saturated carbocycles. The highest BCUT2D eigenvalue weighted by molar-refractivity contribution is 5.14. The average molecular weight is 96.1 g/mol.